The van der Waals surface area contributed by atoms with Crippen LogP contribution in [0.15, 0.2) is 61.6 Å². The van der Waals surface area contributed by atoms with Gasteiger partial charge in [0, 0.05) is 43.0 Å². The van der Waals surface area contributed by atoms with Crippen LogP contribution >= 0.6 is 0 Å². The van der Waals surface area contributed by atoms with Crippen LogP contribution in [0, 0.1) is 11.8 Å². The van der Waals surface area contributed by atoms with Crippen molar-refractivity contribution in [3.63, 3.8) is 0 Å². The van der Waals surface area contributed by atoms with Gasteiger partial charge in [-0.05, 0) is 85.6 Å². The Morgan fingerprint density at radius 1 is 0.974 bits per heavy atom. The molecule has 7 nitrogen and oxygen atoms in total. The van der Waals surface area contributed by atoms with Crippen molar-refractivity contribution < 1.29 is 0 Å². The number of benzene rings is 1. The molecule has 2 saturated heterocycles. The number of anilines is 2. The van der Waals surface area contributed by atoms with E-state index < -0.39 is 0 Å². The fourth-order valence-corrected chi connectivity index (χ4v) is 6.26. The van der Waals surface area contributed by atoms with Gasteiger partial charge in [-0.1, -0.05) is 32.9 Å². The molecule has 1 aromatic carbocycles. The molecular formula is C32H39N7. The molecule has 0 amide bonds. The van der Waals surface area contributed by atoms with Gasteiger partial charge in [0.25, 0.3) is 0 Å². The zero-order valence-electron chi connectivity index (χ0n) is 23.2. The van der Waals surface area contributed by atoms with Crippen molar-refractivity contribution in [2.24, 2.45) is 11.8 Å². The summed E-state index contributed by atoms with van der Waals surface area (Å²) in [6, 6.07) is 12.9. The van der Waals surface area contributed by atoms with Crippen molar-refractivity contribution in [2.75, 3.05) is 36.4 Å². The van der Waals surface area contributed by atoms with Gasteiger partial charge in [0.05, 0.1) is 23.1 Å². The number of likely N-dealkylation sites (tertiary alicyclic amines) is 1. The van der Waals surface area contributed by atoms with Gasteiger partial charge < -0.3 is 10.2 Å². The minimum Gasteiger partial charge on any atom is -0.356 e. The third-order valence-corrected chi connectivity index (χ3v) is 8.07. The Kier molecular flexibility index (Phi) is 7.33. The number of nitrogens with one attached hydrogen (secondary N) is 2. The molecule has 5 heterocycles. The average Bonchev–Trinajstić information content (AvgIpc) is 3.37. The summed E-state index contributed by atoms with van der Waals surface area (Å²) >= 11 is 0. The molecule has 4 aromatic rings. The fourth-order valence-electron chi connectivity index (χ4n) is 6.26. The number of pyridine rings is 2. The highest BCUT2D eigenvalue weighted by Crippen LogP contribution is 2.30. The number of aromatic nitrogens is 4. The summed E-state index contributed by atoms with van der Waals surface area (Å²) < 4.78 is 0. The molecule has 3 aromatic heterocycles. The third kappa shape index (κ3) is 5.83. The lowest BCUT2D eigenvalue weighted by Crippen LogP contribution is -2.39. The molecule has 2 N–H and O–H groups in total. The molecule has 2 aliphatic rings. The molecule has 0 bridgehead atoms. The third-order valence-electron chi connectivity index (χ3n) is 8.07. The highest BCUT2D eigenvalue weighted by Gasteiger charge is 2.22. The van der Waals surface area contributed by atoms with E-state index >= 15 is 0 Å². The smallest absolute Gasteiger partial charge is 0.128 e. The van der Waals surface area contributed by atoms with E-state index in [1.807, 2.05) is 18.6 Å². The van der Waals surface area contributed by atoms with Crippen molar-refractivity contribution in [3.05, 3.63) is 72.8 Å². The molecule has 0 aliphatic carbocycles. The van der Waals surface area contributed by atoms with Gasteiger partial charge in [-0.3, -0.25) is 15.0 Å². The van der Waals surface area contributed by atoms with Gasteiger partial charge in [0.15, 0.2) is 0 Å². The van der Waals surface area contributed by atoms with Crippen molar-refractivity contribution in [1.29, 1.82) is 0 Å². The molecule has 0 saturated carbocycles. The van der Waals surface area contributed by atoms with Gasteiger partial charge in [0.2, 0.25) is 0 Å². The lowest BCUT2D eigenvalue weighted by atomic mass is 9.92. The Labute approximate surface area is 231 Å². The Balaban J connectivity index is 1.18. The standard InChI is InChI=1S/C32H39N7/c1-22-13-23(2)20-39(19-22)31-10-8-28(18-34-31)35-24(3)32-29-15-26(7-9-30(29)36-37-32)27-14-25(16-33-17-27)21-38-11-5-4-6-12-38/h7-10,14-18,22-23,35H,3-6,11-13,19-21H2,1-2H3,(H,36,37). The fraction of sp³-hybridized carbons (Fsp3) is 0.406. The van der Waals surface area contributed by atoms with Crippen LogP contribution in [-0.4, -0.2) is 51.2 Å². The van der Waals surface area contributed by atoms with Crippen LogP contribution < -0.4 is 10.2 Å². The number of hydrogen-bond acceptors (Lipinski definition) is 6. The Morgan fingerprint density at radius 3 is 2.56 bits per heavy atom. The monoisotopic (exact) mass is 521 g/mol. The lowest BCUT2D eigenvalue weighted by molar-refractivity contribution is 0.220. The van der Waals surface area contributed by atoms with E-state index in [-0.39, 0.29) is 0 Å². The highest BCUT2D eigenvalue weighted by atomic mass is 15.2. The molecule has 7 heteroatoms. The molecule has 202 valence electrons. The maximum absolute atomic E-state index is 4.76. The van der Waals surface area contributed by atoms with E-state index in [4.69, 9.17) is 4.98 Å². The normalized spacial score (nSPS) is 20.3. The van der Waals surface area contributed by atoms with Gasteiger partial charge in [-0.25, -0.2) is 4.98 Å². The SMILES string of the molecule is C=C(Nc1ccc(N2CC(C)CC(C)C2)nc1)c1n[nH]c2ccc(-c3cncc(CN4CCCCC4)c3)cc12. The summed E-state index contributed by atoms with van der Waals surface area (Å²) in [5.74, 6) is 2.42. The first-order valence-electron chi connectivity index (χ1n) is 14.3. The number of H-pyrrole nitrogens is 1. The maximum Gasteiger partial charge on any atom is 0.128 e. The van der Waals surface area contributed by atoms with Crippen LogP contribution in [0.1, 0.15) is 50.8 Å². The van der Waals surface area contributed by atoms with Crippen molar-refractivity contribution in [3.8, 4) is 11.1 Å². The second-order valence-electron chi connectivity index (χ2n) is 11.6. The van der Waals surface area contributed by atoms with Gasteiger partial charge >= 0.3 is 0 Å². The molecule has 39 heavy (non-hydrogen) atoms. The molecule has 6 rings (SSSR count). The molecular weight excluding hydrogens is 482 g/mol. The second kappa shape index (κ2) is 11.2. The van der Waals surface area contributed by atoms with Gasteiger partial charge in [-0.15, -0.1) is 0 Å². The zero-order chi connectivity index (χ0) is 26.8. The second-order valence-corrected chi connectivity index (χ2v) is 11.6. The largest absolute Gasteiger partial charge is 0.356 e. The number of nitrogens with zero attached hydrogens (tertiary/aromatic N) is 5. The van der Waals surface area contributed by atoms with E-state index in [9.17, 15) is 0 Å². The topological polar surface area (TPSA) is 73.0 Å². The van der Waals surface area contributed by atoms with Crippen molar-refractivity contribution >= 4 is 28.1 Å². The summed E-state index contributed by atoms with van der Waals surface area (Å²) in [5, 5.41) is 12.2. The van der Waals surface area contributed by atoms with E-state index in [1.165, 1.54) is 44.3 Å². The van der Waals surface area contributed by atoms with Gasteiger partial charge in [0.1, 0.15) is 11.5 Å². The molecule has 2 aliphatic heterocycles. The van der Waals surface area contributed by atoms with E-state index in [2.05, 4.69) is 87.1 Å². The van der Waals surface area contributed by atoms with Gasteiger partial charge in [-0.2, -0.15) is 5.10 Å². The van der Waals surface area contributed by atoms with Crippen molar-refractivity contribution in [1.82, 2.24) is 25.1 Å². The first-order valence-corrected chi connectivity index (χ1v) is 14.3. The van der Waals surface area contributed by atoms with Crippen molar-refractivity contribution in [2.45, 2.75) is 46.1 Å². The predicted octanol–water partition coefficient (Wildman–Crippen LogP) is 6.57. The average molecular weight is 522 g/mol. The van der Waals surface area contributed by atoms with Crippen LogP contribution in [0.4, 0.5) is 11.5 Å². The first-order chi connectivity index (χ1) is 19.0. The predicted molar refractivity (Wildman–Crippen MR) is 161 cm³/mol. The van der Waals surface area contributed by atoms with Crippen LogP contribution in [0.2, 0.25) is 0 Å². The van der Waals surface area contributed by atoms with Crippen LogP contribution in [-0.2, 0) is 6.54 Å². The van der Waals surface area contributed by atoms with E-state index in [1.54, 1.807) is 0 Å². The number of rotatable bonds is 7. The summed E-state index contributed by atoms with van der Waals surface area (Å²) in [6.45, 7) is 14.4. The van der Waals surface area contributed by atoms with E-state index in [0.29, 0.717) is 11.8 Å². The first kappa shape index (κ1) is 25.6. The Morgan fingerprint density at radius 2 is 1.79 bits per heavy atom. The minimum absolute atomic E-state index is 0.693. The Hall–Kier alpha value is -3.71. The minimum atomic E-state index is 0.693. The Bertz CT molecular complexity index is 1420. The highest BCUT2D eigenvalue weighted by molar-refractivity contribution is 5.95. The molecule has 2 unspecified atom stereocenters. The summed E-state index contributed by atoms with van der Waals surface area (Å²) in [6.07, 6.45) is 11.1. The van der Waals surface area contributed by atoms with E-state index in [0.717, 1.165) is 64.6 Å². The quantitative estimate of drug-likeness (QED) is 0.287. The number of hydrogen-bond donors (Lipinski definition) is 2. The molecule has 2 fully saturated rings. The summed E-state index contributed by atoms with van der Waals surface area (Å²) in [4.78, 5) is 14.3. The summed E-state index contributed by atoms with van der Waals surface area (Å²) in [5.41, 5.74) is 6.95. The maximum atomic E-state index is 4.76. The summed E-state index contributed by atoms with van der Waals surface area (Å²) in [7, 11) is 0. The molecule has 0 radical (unpaired) electrons. The zero-order valence-corrected chi connectivity index (χ0v) is 23.2. The number of aromatic amines is 1. The van der Waals surface area contributed by atoms with Crippen LogP contribution in [0.25, 0.3) is 27.7 Å². The molecule has 0 spiro atoms. The lowest BCUT2D eigenvalue weighted by Gasteiger charge is -2.35. The number of fused-ring (bicyclic) bond motifs is 1. The van der Waals surface area contributed by atoms with Crippen LogP contribution in [0.3, 0.4) is 0 Å². The van der Waals surface area contributed by atoms with Crippen LogP contribution in [0.5, 0.6) is 0 Å². The number of piperidine rings is 2. The molecule has 2 atom stereocenters.